The Morgan fingerprint density at radius 2 is 2.25 bits per heavy atom. The molecule has 0 spiro atoms. The minimum absolute atomic E-state index is 0.302. The van der Waals surface area contributed by atoms with Gasteiger partial charge in [-0.25, -0.2) is 0 Å². The summed E-state index contributed by atoms with van der Waals surface area (Å²) in [6, 6.07) is 0. The molecule has 0 aromatic heterocycles. The number of hydrogen-bond acceptors (Lipinski definition) is 1. The summed E-state index contributed by atoms with van der Waals surface area (Å²) in [4.78, 5) is 0. The standard InChI is InChI=1S/C11H16O/c1-8-11(2,3)9-6-4-5-7-10(9)12-8/h4-5,7-9H,6H2,1-3H3. The Bertz CT molecular complexity index is 248. The molecule has 0 N–H and O–H groups in total. The lowest BCUT2D eigenvalue weighted by Crippen LogP contribution is -2.27. The number of fused-ring (bicyclic) bond motifs is 1. The van der Waals surface area contributed by atoms with Crippen molar-refractivity contribution in [3.05, 3.63) is 24.0 Å². The van der Waals surface area contributed by atoms with Crippen molar-refractivity contribution in [1.82, 2.24) is 0 Å². The third kappa shape index (κ3) is 0.921. The van der Waals surface area contributed by atoms with Gasteiger partial charge in [-0.1, -0.05) is 26.0 Å². The van der Waals surface area contributed by atoms with Crippen LogP contribution in [0.1, 0.15) is 27.2 Å². The molecule has 2 atom stereocenters. The molecular weight excluding hydrogens is 148 g/mol. The van der Waals surface area contributed by atoms with Gasteiger partial charge < -0.3 is 4.74 Å². The molecule has 1 saturated heterocycles. The van der Waals surface area contributed by atoms with Gasteiger partial charge >= 0.3 is 0 Å². The first-order valence-electron chi connectivity index (χ1n) is 4.66. The lowest BCUT2D eigenvalue weighted by molar-refractivity contribution is 0.104. The van der Waals surface area contributed by atoms with Crippen molar-refractivity contribution in [2.24, 2.45) is 11.3 Å². The Labute approximate surface area is 74.1 Å². The van der Waals surface area contributed by atoms with Crippen LogP contribution in [-0.4, -0.2) is 6.10 Å². The van der Waals surface area contributed by atoms with E-state index in [0.717, 1.165) is 6.42 Å². The normalized spacial score (nSPS) is 37.1. The summed E-state index contributed by atoms with van der Waals surface area (Å²) in [6.07, 6.45) is 7.94. The van der Waals surface area contributed by atoms with Crippen molar-refractivity contribution in [2.75, 3.05) is 0 Å². The molecule has 1 fully saturated rings. The molecule has 0 aromatic rings. The van der Waals surface area contributed by atoms with Crippen LogP contribution < -0.4 is 0 Å². The van der Waals surface area contributed by atoms with Gasteiger partial charge in [0.2, 0.25) is 0 Å². The van der Waals surface area contributed by atoms with Crippen LogP contribution in [0, 0.1) is 11.3 Å². The van der Waals surface area contributed by atoms with Gasteiger partial charge in [0.15, 0.2) is 0 Å². The van der Waals surface area contributed by atoms with Crippen LogP contribution in [0.15, 0.2) is 24.0 Å². The van der Waals surface area contributed by atoms with E-state index in [1.807, 2.05) is 0 Å². The van der Waals surface area contributed by atoms with Gasteiger partial charge in [0.1, 0.15) is 11.9 Å². The molecule has 2 unspecified atom stereocenters. The summed E-state index contributed by atoms with van der Waals surface area (Å²) >= 11 is 0. The Morgan fingerprint density at radius 1 is 1.50 bits per heavy atom. The summed E-state index contributed by atoms with van der Waals surface area (Å²) in [5, 5.41) is 0. The van der Waals surface area contributed by atoms with Crippen molar-refractivity contribution < 1.29 is 4.74 Å². The molecule has 0 aromatic carbocycles. The second kappa shape index (κ2) is 2.38. The number of hydrogen-bond donors (Lipinski definition) is 0. The van der Waals surface area contributed by atoms with E-state index in [9.17, 15) is 0 Å². The number of allylic oxidation sites excluding steroid dienone is 4. The topological polar surface area (TPSA) is 9.23 Å². The van der Waals surface area contributed by atoms with Crippen molar-refractivity contribution >= 4 is 0 Å². The Balaban J connectivity index is 2.33. The first kappa shape index (κ1) is 7.90. The molecule has 0 bridgehead atoms. The molecule has 1 aliphatic carbocycles. The lowest BCUT2D eigenvalue weighted by atomic mass is 9.74. The minimum atomic E-state index is 0.302. The third-order valence-corrected chi connectivity index (χ3v) is 3.37. The maximum absolute atomic E-state index is 5.79. The SMILES string of the molecule is CC1OC2=CC=CCC2C1(C)C. The Hall–Kier alpha value is -0.720. The van der Waals surface area contributed by atoms with Crippen molar-refractivity contribution in [1.29, 1.82) is 0 Å². The molecular formula is C11H16O. The molecule has 1 heterocycles. The van der Waals surface area contributed by atoms with Gasteiger partial charge in [-0.3, -0.25) is 0 Å². The highest BCUT2D eigenvalue weighted by Gasteiger charge is 2.45. The van der Waals surface area contributed by atoms with E-state index in [2.05, 4.69) is 39.0 Å². The summed E-state index contributed by atoms with van der Waals surface area (Å²) in [5.41, 5.74) is 0.302. The predicted octanol–water partition coefficient (Wildman–Crippen LogP) is 2.89. The molecule has 2 aliphatic rings. The fourth-order valence-electron chi connectivity index (χ4n) is 2.04. The van der Waals surface area contributed by atoms with E-state index >= 15 is 0 Å². The van der Waals surface area contributed by atoms with Gasteiger partial charge in [0.25, 0.3) is 0 Å². The van der Waals surface area contributed by atoms with Gasteiger partial charge in [-0.15, -0.1) is 0 Å². The smallest absolute Gasteiger partial charge is 0.101 e. The summed E-state index contributed by atoms with van der Waals surface area (Å²) in [7, 11) is 0. The molecule has 12 heavy (non-hydrogen) atoms. The van der Waals surface area contributed by atoms with E-state index in [0.29, 0.717) is 17.4 Å². The first-order valence-corrected chi connectivity index (χ1v) is 4.66. The predicted molar refractivity (Wildman–Crippen MR) is 49.7 cm³/mol. The van der Waals surface area contributed by atoms with Crippen LogP contribution in [-0.2, 0) is 4.74 Å². The van der Waals surface area contributed by atoms with Crippen molar-refractivity contribution in [2.45, 2.75) is 33.3 Å². The maximum atomic E-state index is 5.79. The highest BCUT2D eigenvalue weighted by Crippen LogP contribution is 2.48. The zero-order valence-electron chi connectivity index (χ0n) is 8.00. The van der Waals surface area contributed by atoms with E-state index in [4.69, 9.17) is 4.74 Å². The number of ether oxygens (including phenoxy) is 1. The van der Waals surface area contributed by atoms with E-state index in [1.54, 1.807) is 0 Å². The minimum Gasteiger partial charge on any atom is -0.494 e. The van der Waals surface area contributed by atoms with Crippen LogP contribution in [0.25, 0.3) is 0 Å². The van der Waals surface area contributed by atoms with Crippen LogP contribution in [0.5, 0.6) is 0 Å². The fourth-order valence-corrected chi connectivity index (χ4v) is 2.04. The number of rotatable bonds is 0. The van der Waals surface area contributed by atoms with Gasteiger partial charge in [-0.05, 0) is 19.4 Å². The highest BCUT2D eigenvalue weighted by molar-refractivity contribution is 5.22. The summed E-state index contributed by atoms with van der Waals surface area (Å²) < 4.78 is 5.79. The monoisotopic (exact) mass is 164 g/mol. The highest BCUT2D eigenvalue weighted by atomic mass is 16.5. The van der Waals surface area contributed by atoms with Gasteiger partial charge in [0, 0.05) is 11.3 Å². The summed E-state index contributed by atoms with van der Waals surface area (Å²) in [5.74, 6) is 1.80. The molecule has 0 radical (unpaired) electrons. The Kier molecular flexibility index (Phi) is 1.57. The second-order valence-electron chi connectivity index (χ2n) is 4.37. The quantitative estimate of drug-likeness (QED) is 0.535. The second-order valence-corrected chi connectivity index (χ2v) is 4.37. The summed E-state index contributed by atoms with van der Waals surface area (Å²) in [6.45, 7) is 6.75. The van der Waals surface area contributed by atoms with E-state index < -0.39 is 0 Å². The molecule has 1 heteroatoms. The molecule has 0 amide bonds. The first-order chi connectivity index (χ1) is 5.62. The van der Waals surface area contributed by atoms with Crippen molar-refractivity contribution in [3.63, 3.8) is 0 Å². The molecule has 66 valence electrons. The van der Waals surface area contributed by atoms with Crippen LogP contribution in [0.4, 0.5) is 0 Å². The van der Waals surface area contributed by atoms with Gasteiger partial charge in [0.05, 0.1) is 0 Å². The van der Waals surface area contributed by atoms with E-state index in [1.165, 1.54) is 5.76 Å². The largest absolute Gasteiger partial charge is 0.494 e. The molecule has 2 rings (SSSR count). The third-order valence-electron chi connectivity index (χ3n) is 3.37. The molecule has 1 nitrogen and oxygen atoms in total. The zero-order valence-corrected chi connectivity index (χ0v) is 8.00. The maximum Gasteiger partial charge on any atom is 0.101 e. The lowest BCUT2D eigenvalue weighted by Gasteiger charge is -2.27. The fraction of sp³-hybridized carbons (Fsp3) is 0.636. The molecule has 1 aliphatic heterocycles. The van der Waals surface area contributed by atoms with Crippen LogP contribution >= 0.6 is 0 Å². The Morgan fingerprint density at radius 3 is 2.92 bits per heavy atom. The van der Waals surface area contributed by atoms with Gasteiger partial charge in [-0.2, -0.15) is 0 Å². The van der Waals surface area contributed by atoms with Crippen molar-refractivity contribution in [3.8, 4) is 0 Å². The van der Waals surface area contributed by atoms with Crippen LogP contribution in [0.2, 0.25) is 0 Å². The average Bonchev–Trinajstić information content (AvgIpc) is 2.25. The van der Waals surface area contributed by atoms with Crippen LogP contribution in [0.3, 0.4) is 0 Å². The average molecular weight is 164 g/mol. The van der Waals surface area contributed by atoms with E-state index in [-0.39, 0.29) is 0 Å². The molecule has 0 saturated carbocycles. The zero-order chi connectivity index (χ0) is 8.77.